The molecule has 0 aromatic heterocycles. The van der Waals surface area contributed by atoms with E-state index in [1.54, 1.807) is 13.8 Å². The van der Waals surface area contributed by atoms with Crippen molar-refractivity contribution in [3.05, 3.63) is 45.8 Å². The van der Waals surface area contributed by atoms with Gasteiger partial charge >= 0.3 is 0 Å². The molecule has 0 fully saturated rings. The minimum atomic E-state index is -0.901. The highest BCUT2D eigenvalue weighted by Gasteiger charge is 2.18. The van der Waals surface area contributed by atoms with Crippen molar-refractivity contribution in [2.24, 2.45) is 5.11 Å². The zero-order valence-electron chi connectivity index (χ0n) is 8.31. The van der Waals surface area contributed by atoms with Gasteiger partial charge in [0.05, 0.1) is 12.1 Å². The zero-order valence-corrected chi connectivity index (χ0v) is 8.31. The molecule has 0 bridgehead atoms. The van der Waals surface area contributed by atoms with Gasteiger partial charge in [0.25, 0.3) is 0 Å². The van der Waals surface area contributed by atoms with Crippen LogP contribution in [-0.2, 0) is 12.1 Å². The van der Waals surface area contributed by atoms with Crippen LogP contribution >= 0.6 is 0 Å². The van der Waals surface area contributed by atoms with Gasteiger partial charge in [-0.05, 0) is 30.5 Å². The van der Waals surface area contributed by atoms with Crippen LogP contribution in [0.15, 0.2) is 29.4 Å². The molecule has 1 aromatic rings. The maximum atomic E-state index is 9.83. The summed E-state index contributed by atoms with van der Waals surface area (Å²) in [6.07, 6.45) is 0. The predicted molar refractivity (Wildman–Crippen MR) is 54.5 cm³/mol. The number of nitrogens with zero attached hydrogens (tertiary/aromatic N) is 3. The number of benzene rings is 1. The van der Waals surface area contributed by atoms with E-state index in [1.165, 1.54) is 0 Å². The molecule has 1 N–H and O–H groups in total. The van der Waals surface area contributed by atoms with Crippen molar-refractivity contribution in [3.8, 4) is 0 Å². The molecular weight excluding hydrogens is 178 g/mol. The third-order valence-corrected chi connectivity index (χ3v) is 1.98. The summed E-state index contributed by atoms with van der Waals surface area (Å²) >= 11 is 0. The quantitative estimate of drug-likeness (QED) is 0.445. The van der Waals surface area contributed by atoms with E-state index >= 15 is 0 Å². The summed E-state index contributed by atoms with van der Waals surface area (Å²) in [7, 11) is 0. The Bertz CT molecular complexity index is 362. The third kappa shape index (κ3) is 2.49. The fraction of sp³-hybridized carbons (Fsp3) is 0.400. The smallest absolute Gasteiger partial charge is 0.0843 e. The molecule has 74 valence electrons. The van der Waals surface area contributed by atoms with Gasteiger partial charge in [-0.2, -0.15) is 0 Å². The lowest BCUT2D eigenvalue weighted by Gasteiger charge is -2.20. The first-order chi connectivity index (χ1) is 6.55. The lowest BCUT2D eigenvalue weighted by molar-refractivity contribution is 0.0776. The average molecular weight is 191 g/mol. The molecule has 14 heavy (non-hydrogen) atoms. The summed E-state index contributed by atoms with van der Waals surface area (Å²) in [5.41, 5.74) is 8.97. The molecule has 0 amide bonds. The van der Waals surface area contributed by atoms with Gasteiger partial charge in [0.1, 0.15) is 0 Å². The SMILES string of the molecule is CC(C)(O)c1ccccc1CN=[N+]=[N-]. The molecule has 0 aliphatic heterocycles. The number of rotatable bonds is 3. The van der Waals surface area contributed by atoms with Gasteiger partial charge in [0, 0.05) is 4.91 Å². The Morgan fingerprint density at radius 2 is 2.07 bits per heavy atom. The predicted octanol–water partition coefficient (Wildman–Crippen LogP) is 2.72. The molecule has 0 aliphatic rings. The van der Waals surface area contributed by atoms with Gasteiger partial charge in [0.2, 0.25) is 0 Å². The molecule has 0 saturated heterocycles. The van der Waals surface area contributed by atoms with Gasteiger partial charge in [-0.25, -0.2) is 0 Å². The lowest BCUT2D eigenvalue weighted by atomic mass is 9.93. The number of hydrogen-bond donors (Lipinski definition) is 1. The van der Waals surface area contributed by atoms with Crippen LogP contribution in [0.4, 0.5) is 0 Å². The van der Waals surface area contributed by atoms with Gasteiger partial charge in [-0.1, -0.05) is 29.4 Å². The summed E-state index contributed by atoms with van der Waals surface area (Å²) in [4.78, 5) is 2.70. The fourth-order valence-corrected chi connectivity index (χ4v) is 1.36. The van der Waals surface area contributed by atoms with Crippen LogP contribution in [0.1, 0.15) is 25.0 Å². The van der Waals surface area contributed by atoms with Crippen LogP contribution in [0.5, 0.6) is 0 Å². The van der Waals surface area contributed by atoms with Crippen LogP contribution in [0, 0.1) is 0 Å². The molecule has 0 atom stereocenters. The van der Waals surface area contributed by atoms with Crippen molar-refractivity contribution in [2.45, 2.75) is 26.0 Å². The highest BCUT2D eigenvalue weighted by atomic mass is 16.3. The van der Waals surface area contributed by atoms with Crippen LogP contribution in [-0.4, -0.2) is 5.11 Å². The highest BCUT2D eigenvalue weighted by Crippen LogP contribution is 2.23. The Morgan fingerprint density at radius 1 is 1.43 bits per heavy atom. The standard InChI is InChI=1S/C10H13N3O/c1-10(2,14)9-6-4-3-5-8(9)7-12-13-11/h3-6,14H,7H2,1-2H3. The topological polar surface area (TPSA) is 69.0 Å². The summed E-state index contributed by atoms with van der Waals surface area (Å²) in [5.74, 6) is 0. The van der Waals surface area contributed by atoms with Crippen LogP contribution in [0.25, 0.3) is 10.4 Å². The molecule has 1 rings (SSSR count). The second kappa shape index (κ2) is 4.13. The number of aliphatic hydroxyl groups is 1. The summed E-state index contributed by atoms with van der Waals surface area (Å²) in [5, 5.41) is 13.3. The second-order valence-corrected chi connectivity index (χ2v) is 3.61. The highest BCUT2D eigenvalue weighted by molar-refractivity contribution is 5.31. The first kappa shape index (κ1) is 10.6. The van der Waals surface area contributed by atoms with E-state index in [2.05, 4.69) is 10.0 Å². The van der Waals surface area contributed by atoms with Crippen LogP contribution in [0.3, 0.4) is 0 Å². The zero-order chi connectivity index (χ0) is 10.6. The Kier molecular flexibility index (Phi) is 3.12. The molecule has 1 aromatic carbocycles. The Hall–Kier alpha value is -1.51. The molecule has 0 saturated carbocycles. The third-order valence-electron chi connectivity index (χ3n) is 1.98. The van der Waals surface area contributed by atoms with Crippen molar-refractivity contribution in [1.82, 2.24) is 0 Å². The molecule has 4 nitrogen and oxygen atoms in total. The Labute approximate surface area is 82.8 Å². The normalized spacial score (nSPS) is 10.8. The molecule has 0 radical (unpaired) electrons. The molecule has 0 aliphatic carbocycles. The molecule has 0 unspecified atom stereocenters. The monoisotopic (exact) mass is 191 g/mol. The van der Waals surface area contributed by atoms with Crippen molar-refractivity contribution >= 4 is 0 Å². The average Bonchev–Trinajstić information content (AvgIpc) is 2.14. The maximum Gasteiger partial charge on any atom is 0.0843 e. The van der Waals surface area contributed by atoms with Crippen LogP contribution < -0.4 is 0 Å². The van der Waals surface area contributed by atoms with Crippen molar-refractivity contribution in [1.29, 1.82) is 0 Å². The molecule has 4 heteroatoms. The van der Waals surface area contributed by atoms with Crippen molar-refractivity contribution in [3.63, 3.8) is 0 Å². The largest absolute Gasteiger partial charge is 0.386 e. The fourth-order valence-electron chi connectivity index (χ4n) is 1.36. The first-order valence-corrected chi connectivity index (χ1v) is 4.37. The lowest BCUT2D eigenvalue weighted by Crippen LogP contribution is -2.17. The first-order valence-electron chi connectivity index (χ1n) is 4.37. The molecule has 0 heterocycles. The minimum absolute atomic E-state index is 0.274. The van der Waals surface area contributed by atoms with E-state index in [0.29, 0.717) is 0 Å². The van der Waals surface area contributed by atoms with E-state index in [-0.39, 0.29) is 6.54 Å². The van der Waals surface area contributed by atoms with E-state index < -0.39 is 5.60 Å². The van der Waals surface area contributed by atoms with Crippen molar-refractivity contribution < 1.29 is 5.11 Å². The van der Waals surface area contributed by atoms with Crippen molar-refractivity contribution in [2.75, 3.05) is 0 Å². The van der Waals surface area contributed by atoms with Crippen LogP contribution in [0.2, 0.25) is 0 Å². The van der Waals surface area contributed by atoms with E-state index in [1.807, 2.05) is 24.3 Å². The Morgan fingerprint density at radius 3 is 2.64 bits per heavy atom. The van der Waals surface area contributed by atoms with E-state index in [0.717, 1.165) is 11.1 Å². The summed E-state index contributed by atoms with van der Waals surface area (Å²) in [6.45, 7) is 3.69. The van der Waals surface area contributed by atoms with Gasteiger partial charge < -0.3 is 5.11 Å². The minimum Gasteiger partial charge on any atom is -0.386 e. The van der Waals surface area contributed by atoms with E-state index in [4.69, 9.17) is 5.53 Å². The van der Waals surface area contributed by atoms with E-state index in [9.17, 15) is 5.11 Å². The summed E-state index contributed by atoms with van der Waals surface area (Å²) in [6, 6.07) is 7.40. The number of hydrogen-bond acceptors (Lipinski definition) is 2. The second-order valence-electron chi connectivity index (χ2n) is 3.61. The summed E-state index contributed by atoms with van der Waals surface area (Å²) < 4.78 is 0. The molecular formula is C10H13N3O. The Balaban J connectivity index is 3.09. The maximum absolute atomic E-state index is 9.83. The van der Waals surface area contributed by atoms with Gasteiger partial charge in [0.15, 0.2) is 0 Å². The number of azide groups is 1. The van der Waals surface area contributed by atoms with Gasteiger partial charge in [-0.15, -0.1) is 0 Å². The molecule has 0 spiro atoms. The van der Waals surface area contributed by atoms with Gasteiger partial charge in [-0.3, -0.25) is 0 Å².